The summed E-state index contributed by atoms with van der Waals surface area (Å²) in [6.07, 6.45) is 0.659. The lowest BCUT2D eigenvalue weighted by molar-refractivity contribution is 0.159. The van der Waals surface area contributed by atoms with E-state index in [1.165, 1.54) is 11.3 Å². The lowest BCUT2D eigenvalue weighted by Gasteiger charge is -2.24. The van der Waals surface area contributed by atoms with Crippen LogP contribution in [0.1, 0.15) is 25.8 Å². The molecule has 6 nitrogen and oxygen atoms in total. The van der Waals surface area contributed by atoms with Crippen molar-refractivity contribution in [2.24, 2.45) is 5.92 Å². The van der Waals surface area contributed by atoms with E-state index in [2.05, 4.69) is 10.3 Å². The van der Waals surface area contributed by atoms with Crippen LogP contribution in [0.15, 0.2) is 53.4 Å². The number of aryl methyl sites for hydroxylation is 1. The van der Waals surface area contributed by atoms with Crippen LogP contribution in [-0.2, 0) is 16.3 Å². The molecule has 0 aliphatic carbocycles. The number of nitrogens with two attached hydrogens (primary N) is 1. The number of thiazole rings is 1. The minimum atomic E-state index is -3.68. The zero-order valence-electron chi connectivity index (χ0n) is 16.6. The molecule has 8 heteroatoms. The number of nitrogen functional groups attached to an aromatic ring is 1. The summed E-state index contributed by atoms with van der Waals surface area (Å²) in [6.45, 7) is 3.91. The quantitative estimate of drug-likeness (QED) is 0.478. The van der Waals surface area contributed by atoms with E-state index in [9.17, 15) is 13.5 Å². The van der Waals surface area contributed by atoms with Gasteiger partial charge in [0.05, 0.1) is 21.2 Å². The standard InChI is InChI=1S/C21H27N3O3S2/c1-14(2)20(23-13-16(25)12-11-15-7-4-3-5-8-15)29(26,27)18-10-6-9-17-19(18)28-21(22)24-17/h3-10,14,16,20,23,25H,11-13H2,1-2H3,(H2,22,24)/t16-,20+/m1/s1. The molecule has 1 aromatic heterocycles. The number of hydrogen-bond acceptors (Lipinski definition) is 7. The second-order valence-electron chi connectivity index (χ2n) is 7.45. The van der Waals surface area contributed by atoms with Gasteiger partial charge < -0.3 is 10.8 Å². The predicted molar refractivity (Wildman–Crippen MR) is 119 cm³/mol. The Kier molecular flexibility index (Phi) is 6.89. The monoisotopic (exact) mass is 433 g/mol. The molecule has 4 N–H and O–H groups in total. The maximum absolute atomic E-state index is 13.4. The molecule has 0 radical (unpaired) electrons. The van der Waals surface area contributed by atoms with Gasteiger partial charge in [-0.3, -0.25) is 5.32 Å². The average Bonchev–Trinajstić information content (AvgIpc) is 3.06. The molecule has 156 valence electrons. The molecule has 1 heterocycles. The van der Waals surface area contributed by atoms with Gasteiger partial charge in [0.1, 0.15) is 5.37 Å². The molecule has 0 saturated carbocycles. The Labute approximate surface area is 175 Å². The van der Waals surface area contributed by atoms with Crippen LogP contribution in [0.5, 0.6) is 0 Å². The summed E-state index contributed by atoms with van der Waals surface area (Å²) in [7, 11) is -3.68. The summed E-state index contributed by atoms with van der Waals surface area (Å²) < 4.78 is 27.3. The van der Waals surface area contributed by atoms with Gasteiger partial charge in [0.25, 0.3) is 0 Å². The van der Waals surface area contributed by atoms with Gasteiger partial charge in [0.2, 0.25) is 0 Å². The molecule has 0 unspecified atom stereocenters. The third-order valence-corrected chi connectivity index (χ3v) is 8.20. The topological polar surface area (TPSA) is 105 Å². The average molecular weight is 434 g/mol. The lowest BCUT2D eigenvalue weighted by atomic mass is 10.1. The van der Waals surface area contributed by atoms with E-state index >= 15 is 0 Å². The van der Waals surface area contributed by atoms with Crippen molar-refractivity contribution in [3.05, 3.63) is 54.1 Å². The van der Waals surface area contributed by atoms with E-state index in [1.54, 1.807) is 18.2 Å². The first-order valence-corrected chi connectivity index (χ1v) is 12.0. The number of nitrogens with zero attached hydrogens (tertiary/aromatic N) is 1. The van der Waals surface area contributed by atoms with E-state index < -0.39 is 21.3 Å². The SMILES string of the molecule is CC(C)[C@@H](NC[C@H](O)CCc1ccccc1)S(=O)(=O)c1cccc2nc(N)sc12. The Morgan fingerprint density at radius 3 is 2.55 bits per heavy atom. The van der Waals surface area contributed by atoms with E-state index in [0.717, 1.165) is 12.0 Å². The minimum absolute atomic E-state index is 0.179. The van der Waals surface area contributed by atoms with Crippen LogP contribution < -0.4 is 11.1 Å². The number of sulfone groups is 1. The van der Waals surface area contributed by atoms with Crippen molar-refractivity contribution in [3.8, 4) is 0 Å². The minimum Gasteiger partial charge on any atom is -0.392 e. The highest BCUT2D eigenvalue weighted by Gasteiger charge is 2.32. The highest BCUT2D eigenvalue weighted by atomic mass is 32.2. The molecule has 0 amide bonds. The van der Waals surface area contributed by atoms with Gasteiger partial charge >= 0.3 is 0 Å². The molecular formula is C21H27N3O3S2. The Bertz CT molecular complexity index is 1050. The lowest BCUT2D eigenvalue weighted by Crippen LogP contribution is -2.44. The first kappa shape index (κ1) is 21.7. The molecule has 0 bridgehead atoms. The van der Waals surface area contributed by atoms with Gasteiger partial charge in [-0.05, 0) is 36.5 Å². The number of hydrogen-bond donors (Lipinski definition) is 3. The zero-order chi connectivity index (χ0) is 21.0. The van der Waals surface area contributed by atoms with E-state index in [4.69, 9.17) is 5.73 Å². The molecule has 3 aromatic rings. The maximum Gasteiger partial charge on any atom is 0.195 e. The fraction of sp³-hybridized carbons (Fsp3) is 0.381. The van der Waals surface area contributed by atoms with Crippen LogP contribution in [0.2, 0.25) is 0 Å². The number of fused-ring (bicyclic) bond motifs is 1. The number of aliphatic hydroxyl groups is 1. The number of nitrogens with one attached hydrogen (secondary N) is 1. The van der Waals surface area contributed by atoms with E-state index in [0.29, 0.717) is 21.8 Å². The Morgan fingerprint density at radius 1 is 1.14 bits per heavy atom. The number of aliphatic hydroxyl groups excluding tert-OH is 1. The van der Waals surface area contributed by atoms with Crippen molar-refractivity contribution in [2.75, 3.05) is 12.3 Å². The second kappa shape index (κ2) is 9.21. The molecule has 0 fully saturated rings. The van der Waals surface area contributed by atoms with Crippen LogP contribution >= 0.6 is 11.3 Å². The first-order chi connectivity index (χ1) is 13.8. The number of rotatable bonds is 9. The number of benzene rings is 2. The molecule has 0 aliphatic rings. The number of aromatic nitrogens is 1. The van der Waals surface area contributed by atoms with E-state index in [-0.39, 0.29) is 17.4 Å². The molecular weight excluding hydrogens is 406 g/mol. The fourth-order valence-corrected chi connectivity index (χ4v) is 6.49. The summed E-state index contributed by atoms with van der Waals surface area (Å²) in [5, 5.41) is 13.0. The van der Waals surface area contributed by atoms with Gasteiger partial charge in [-0.1, -0.05) is 61.6 Å². The molecule has 0 aliphatic heterocycles. The second-order valence-corrected chi connectivity index (χ2v) is 10.5. The van der Waals surface area contributed by atoms with Crippen LogP contribution in [0.3, 0.4) is 0 Å². The third kappa shape index (κ3) is 5.14. The van der Waals surface area contributed by atoms with Crippen molar-refractivity contribution in [3.63, 3.8) is 0 Å². The Balaban J connectivity index is 1.73. The van der Waals surface area contributed by atoms with Gasteiger partial charge in [-0.15, -0.1) is 0 Å². The Hall–Kier alpha value is -2.00. The van der Waals surface area contributed by atoms with Gasteiger partial charge in [0, 0.05) is 6.54 Å². The molecule has 0 saturated heterocycles. The van der Waals surface area contributed by atoms with Gasteiger partial charge in [0.15, 0.2) is 15.0 Å². The zero-order valence-corrected chi connectivity index (χ0v) is 18.2. The third-order valence-electron chi connectivity index (χ3n) is 4.81. The molecule has 0 spiro atoms. The van der Waals surface area contributed by atoms with Gasteiger partial charge in [-0.2, -0.15) is 0 Å². The van der Waals surface area contributed by atoms with Crippen LogP contribution in [0.25, 0.3) is 10.2 Å². The smallest absolute Gasteiger partial charge is 0.195 e. The summed E-state index contributed by atoms with van der Waals surface area (Å²) >= 11 is 1.18. The fourth-order valence-electron chi connectivity index (χ4n) is 3.34. The largest absolute Gasteiger partial charge is 0.392 e. The van der Waals surface area contributed by atoms with Crippen LogP contribution in [0, 0.1) is 5.92 Å². The predicted octanol–water partition coefficient (Wildman–Crippen LogP) is 3.22. The van der Waals surface area contributed by atoms with Crippen molar-refractivity contribution in [2.45, 2.75) is 43.1 Å². The van der Waals surface area contributed by atoms with Gasteiger partial charge in [-0.25, -0.2) is 13.4 Å². The maximum atomic E-state index is 13.4. The van der Waals surface area contributed by atoms with Crippen LogP contribution in [0.4, 0.5) is 5.13 Å². The molecule has 3 rings (SSSR count). The normalized spacial score (nSPS) is 14.3. The van der Waals surface area contributed by atoms with Crippen molar-refractivity contribution in [1.82, 2.24) is 10.3 Å². The summed E-state index contributed by atoms with van der Waals surface area (Å²) in [6, 6.07) is 15.0. The summed E-state index contributed by atoms with van der Waals surface area (Å²) in [5.74, 6) is -0.179. The van der Waals surface area contributed by atoms with Crippen molar-refractivity contribution >= 4 is 36.5 Å². The summed E-state index contributed by atoms with van der Waals surface area (Å²) in [4.78, 5) is 4.42. The number of anilines is 1. The highest BCUT2D eigenvalue weighted by molar-refractivity contribution is 7.92. The molecule has 2 atom stereocenters. The Morgan fingerprint density at radius 2 is 1.86 bits per heavy atom. The first-order valence-electron chi connectivity index (χ1n) is 9.63. The molecule has 29 heavy (non-hydrogen) atoms. The van der Waals surface area contributed by atoms with Crippen molar-refractivity contribution in [1.29, 1.82) is 0 Å². The van der Waals surface area contributed by atoms with E-state index in [1.807, 2.05) is 44.2 Å². The molecule has 2 aromatic carbocycles. The highest BCUT2D eigenvalue weighted by Crippen LogP contribution is 2.32. The summed E-state index contributed by atoms with van der Waals surface area (Å²) in [5.41, 5.74) is 7.51. The van der Waals surface area contributed by atoms with Crippen LogP contribution in [-0.4, -0.2) is 36.5 Å². The van der Waals surface area contributed by atoms with Crippen molar-refractivity contribution < 1.29 is 13.5 Å².